The van der Waals surface area contributed by atoms with Gasteiger partial charge < -0.3 is 15.2 Å². The number of nitrogens with zero attached hydrogens (tertiary/aromatic N) is 2. The third-order valence-electron chi connectivity index (χ3n) is 1.81. The number of hydrogen-bond donors (Lipinski definition) is 2. The van der Waals surface area contributed by atoms with Gasteiger partial charge in [0.15, 0.2) is 22.8 Å². The summed E-state index contributed by atoms with van der Waals surface area (Å²) in [6.07, 6.45) is -6.13. The van der Waals surface area contributed by atoms with Crippen molar-refractivity contribution in [3.63, 3.8) is 0 Å². The van der Waals surface area contributed by atoms with Gasteiger partial charge in [0.2, 0.25) is 0 Å². The first-order valence-electron chi connectivity index (χ1n) is 4.39. The minimum Gasteiger partial charge on any atom is -0.490 e. The predicted octanol–water partition coefficient (Wildman–Crippen LogP) is 1.47. The molecule has 2 N–H and O–H groups in total. The second-order valence-corrected chi connectivity index (χ2v) is 3.34. The van der Waals surface area contributed by atoms with E-state index in [1.807, 2.05) is 0 Å². The van der Waals surface area contributed by atoms with Crippen LogP contribution < -0.4 is 10.1 Å². The number of aliphatic hydroxyl groups excluding tert-OH is 1. The minimum atomic E-state index is -4.70. The molecule has 5 nitrogen and oxygen atoms in total. The number of aliphatic hydroxyl groups is 1. The number of hydrogen-bond acceptors (Lipinski definition) is 5. The molecule has 1 rings (SSSR count). The van der Waals surface area contributed by atoms with Gasteiger partial charge in [0.05, 0.1) is 13.7 Å². The second-order valence-electron chi connectivity index (χ2n) is 2.98. The Balaban J connectivity index is 2.73. The highest BCUT2D eigenvalue weighted by Crippen LogP contribution is 2.29. The Labute approximate surface area is 99.6 Å². The van der Waals surface area contributed by atoms with E-state index in [0.717, 1.165) is 6.33 Å². The highest BCUT2D eigenvalue weighted by atomic mass is 35.5. The van der Waals surface area contributed by atoms with Crippen LogP contribution >= 0.6 is 11.6 Å². The highest BCUT2D eigenvalue weighted by Gasteiger charge is 2.38. The number of aromatic nitrogens is 2. The molecule has 1 atom stereocenters. The number of alkyl halides is 3. The van der Waals surface area contributed by atoms with Crippen LogP contribution in [0.1, 0.15) is 0 Å². The van der Waals surface area contributed by atoms with E-state index in [1.165, 1.54) is 7.11 Å². The van der Waals surface area contributed by atoms with Crippen LogP contribution in [0, 0.1) is 0 Å². The molecule has 0 saturated heterocycles. The van der Waals surface area contributed by atoms with Gasteiger partial charge in [-0.15, -0.1) is 0 Å². The van der Waals surface area contributed by atoms with Gasteiger partial charge in [0, 0.05) is 0 Å². The number of nitrogens with one attached hydrogen (secondary N) is 1. The van der Waals surface area contributed by atoms with Crippen LogP contribution in [0.25, 0.3) is 0 Å². The molecule has 0 spiro atoms. The molecule has 0 radical (unpaired) electrons. The zero-order valence-corrected chi connectivity index (χ0v) is 9.38. The summed E-state index contributed by atoms with van der Waals surface area (Å²) in [7, 11) is 1.27. The molecule has 0 saturated carbocycles. The van der Waals surface area contributed by atoms with Crippen LogP contribution in [-0.4, -0.2) is 41.0 Å². The van der Waals surface area contributed by atoms with Crippen molar-refractivity contribution in [2.24, 2.45) is 0 Å². The second kappa shape index (κ2) is 5.37. The number of anilines is 1. The topological polar surface area (TPSA) is 67.3 Å². The largest absolute Gasteiger partial charge is 0.490 e. The van der Waals surface area contributed by atoms with Crippen LogP contribution in [0.3, 0.4) is 0 Å². The van der Waals surface area contributed by atoms with Crippen molar-refractivity contribution in [1.29, 1.82) is 0 Å². The van der Waals surface area contributed by atoms with Crippen molar-refractivity contribution in [1.82, 2.24) is 9.97 Å². The zero-order chi connectivity index (χ0) is 13.1. The molecule has 0 bridgehead atoms. The lowest BCUT2D eigenvalue weighted by Crippen LogP contribution is -2.35. The summed E-state index contributed by atoms with van der Waals surface area (Å²) in [5, 5.41) is 11.0. The number of methoxy groups -OCH3 is 1. The van der Waals surface area contributed by atoms with Crippen LogP contribution in [0.2, 0.25) is 5.15 Å². The standard InChI is InChI=1S/C8H9ClF3N3O2/c1-17-5-6(9)14-3-15-7(5)13-2-4(16)8(10,11)12/h3-4,16H,2H2,1H3,(H,13,14,15). The molecule has 1 heterocycles. The fourth-order valence-electron chi connectivity index (χ4n) is 0.968. The van der Waals surface area contributed by atoms with Gasteiger partial charge in [-0.3, -0.25) is 0 Å². The summed E-state index contributed by atoms with van der Waals surface area (Å²) >= 11 is 5.63. The molecule has 17 heavy (non-hydrogen) atoms. The third-order valence-corrected chi connectivity index (χ3v) is 2.07. The molecule has 0 aliphatic rings. The first-order valence-corrected chi connectivity index (χ1v) is 4.77. The molecule has 0 aliphatic carbocycles. The number of halogens is 4. The Morgan fingerprint density at radius 2 is 2.18 bits per heavy atom. The molecule has 1 aromatic heterocycles. The molecule has 1 unspecified atom stereocenters. The van der Waals surface area contributed by atoms with Gasteiger partial charge in [0.1, 0.15) is 6.33 Å². The average Bonchev–Trinajstić information content (AvgIpc) is 2.24. The van der Waals surface area contributed by atoms with Crippen molar-refractivity contribution in [2.45, 2.75) is 12.3 Å². The Morgan fingerprint density at radius 3 is 2.71 bits per heavy atom. The van der Waals surface area contributed by atoms with Gasteiger partial charge in [-0.25, -0.2) is 9.97 Å². The Bertz CT molecular complexity index is 389. The van der Waals surface area contributed by atoms with Crippen LogP contribution in [-0.2, 0) is 0 Å². The summed E-state index contributed by atoms with van der Waals surface area (Å²) in [5.74, 6) is -0.000610. The molecule has 0 aromatic carbocycles. The van der Waals surface area contributed by atoms with Gasteiger partial charge >= 0.3 is 6.18 Å². The molecular weight excluding hydrogens is 263 g/mol. The highest BCUT2D eigenvalue weighted by molar-refractivity contribution is 6.31. The van der Waals surface area contributed by atoms with E-state index in [1.54, 1.807) is 0 Å². The van der Waals surface area contributed by atoms with E-state index in [4.69, 9.17) is 21.4 Å². The van der Waals surface area contributed by atoms with Crippen molar-refractivity contribution in [3.05, 3.63) is 11.5 Å². The lowest BCUT2D eigenvalue weighted by Gasteiger charge is -2.16. The van der Waals surface area contributed by atoms with E-state index < -0.39 is 18.8 Å². The summed E-state index contributed by atoms with van der Waals surface area (Å²) in [6.45, 7) is -0.757. The maximum Gasteiger partial charge on any atom is 0.416 e. The van der Waals surface area contributed by atoms with E-state index >= 15 is 0 Å². The minimum absolute atomic E-state index is 0.0172. The lowest BCUT2D eigenvalue weighted by atomic mass is 10.3. The molecule has 0 fully saturated rings. The Kier molecular flexibility index (Phi) is 4.35. The van der Waals surface area contributed by atoms with E-state index in [9.17, 15) is 13.2 Å². The van der Waals surface area contributed by atoms with Crippen LogP contribution in [0.5, 0.6) is 5.75 Å². The smallest absolute Gasteiger partial charge is 0.416 e. The van der Waals surface area contributed by atoms with Crippen molar-refractivity contribution < 1.29 is 23.0 Å². The SMILES string of the molecule is COc1c(Cl)ncnc1NCC(O)C(F)(F)F. The molecular formula is C8H9ClF3N3O2. The Hall–Kier alpha value is -1.28. The Morgan fingerprint density at radius 1 is 1.53 bits per heavy atom. The fraction of sp³-hybridized carbons (Fsp3) is 0.500. The van der Waals surface area contributed by atoms with E-state index in [-0.39, 0.29) is 16.7 Å². The van der Waals surface area contributed by atoms with E-state index in [0.29, 0.717) is 0 Å². The van der Waals surface area contributed by atoms with Crippen molar-refractivity contribution >= 4 is 17.4 Å². The van der Waals surface area contributed by atoms with Gasteiger partial charge in [-0.2, -0.15) is 13.2 Å². The molecule has 0 amide bonds. The molecule has 1 aromatic rings. The monoisotopic (exact) mass is 271 g/mol. The molecule has 9 heteroatoms. The maximum atomic E-state index is 12.0. The van der Waals surface area contributed by atoms with Gasteiger partial charge in [-0.1, -0.05) is 11.6 Å². The fourth-order valence-corrected chi connectivity index (χ4v) is 1.18. The van der Waals surface area contributed by atoms with Crippen molar-refractivity contribution in [3.8, 4) is 5.75 Å². The van der Waals surface area contributed by atoms with Crippen molar-refractivity contribution in [2.75, 3.05) is 19.0 Å². The third kappa shape index (κ3) is 3.60. The lowest BCUT2D eigenvalue weighted by molar-refractivity contribution is -0.198. The normalized spacial score (nSPS) is 13.3. The quantitative estimate of drug-likeness (QED) is 0.812. The molecule has 0 aliphatic heterocycles. The predicted molar refractivity (Wildman–Crippen MR) is 54.1 cm³/mol. The zero-order valence-electron chi connectivity index (χ0n) is 8.62. The first kappa shape index (κ1) is 13.8. The average molecular weight is 272 g/mol. The number of ether oxygens (including phenoxy) is 1. The summed E-state index contributed by atoms with van der Waals surface area (Å²) in [6, 6.07) is 0. The van der Waals surface area contributed by atoms with Gasteiger partial charge in [-0.05, 0) is 0 Å². The maximum absolute atomic E-state index is 12.0. The van der Waals surface area contributed by atoms with Crippen LogP contribution in [0.15, 0.2) is 6.33 Å². The summed E-state index contributed by atoms with van der Waals surface area (Å²) < 4.78 is 40.9. The summed E-state index contributed by atoms with van der Waals surface area (Å²) in [5.41, 5.74) is 0. The number of rotatable bonds is 4. The summed E-state index contributed by atoms with van der Waals surface area (Å²) in [4.78, 5) is 7.25. The van der Waals surface area contributed by atoms with Gasteiger partial charge in [0.25, 0.3) is 0 Å². The molecule has 96 valence electrons. The van der Waals surface area contributed by atoms with Crippen LogP contribution in [0.4, 0.5) is 19.0 Å². The van der Waals surface area contributed by atoms with E-state index in [2.05, 4.69) is 15.3 Å². The first-order chi connectivity index (χ1) is 7.86.